The van der Waals surface area contributed by atoms with Gasteiger partial charge in [-0.05, 0) is 28.1 Å². The molecule has 1 amide bonds. The third kappa shape index (κ3) is 5.50. The molecule has 2 atom stereocenters. The van der Waals surface area contributed by atoms with Gasteiger partial charge in [0.2, 0.25) is 5.91 Å². The van der Waals surface area contributed by atoms with Crippen LogP contribution >= 0.6 is 15.9 Å². The van der Waals surface area contributed by atoms with E-state index in [1.165, 1.54) is 24.3 Å². The lowest BCUT2D eigenvalue weighted by Crippen LogP contribution is -2.50. The molecule has 0 unspecified atom stereocenters. The molecule has 8 nitrogen and oxygen atoms in total. The van der Waals surface area contributed by atoms with Crippen molar-refractivity contribution in [2.24, 2.45) is 0 Å². The molecule has 0 saturated carbocycles. The van der Waals surface area contributed by atoms with Gasteiger partial charge >= 0.3 is 6.18 Å². The largest absolute Gasteiger partial charge is 0.407 e. The number of aromatic nitrogens is 4. The predicted octanol–water partition coefficient (Wildman–Crippen LogP) is 1.41. The summed E-state index contributed by atoms with van der Waals surface area (Å²) in [4.78, 5) is 12.2. The van der Waals surface area contributed by atoms with Gasteiger partial charge in [0, 0.05) is 10.9 Å². The highest BCUT2D eigenvalue weighted by molar-refractivity contribution is 9.10. The number of tetrazole rings is 1. The quantitative estimate of drug-likeness (QED) is 0.570. The SMILES string of the molecule is N#CCNC(=O)[C@H](Cc1nnn[nH]1)N[C@@H](c1ccc(Br)cc1)C(F)(F)F. The summed E-state index contributed by atoms with van der Waals surface area (Å²) in [5.41, 5.74) is -0.0607. The highest BCUT2D eigenvalue weighted by Gasteiger charge is 2.43. The Morgan fingerprint density at radius 1 is 1.35 bits per heavy atom. The van der Waals surface area contributed by atoms with Crippen LogP contribution in [0.2, 0.25) is 0 Å². The average Bonchev–Trinajstić information content (AvgIpc) is 3.09. The van der Waals surface area contributed by atoms with Crippen molar-refractivity contribution < 1.29 is 18.0 Å². The molecule has 0 radical (unpaired) electrons. The number of nitriles is 1. The maximum atomic E-state index is 13.6. The standard InChI is InChI=1S/C14H13BrF3N7O/c15-9-3-1-8(2-4-9)12(14(16,17)18)21-10(13(26)20-6-5-19)7-11-22-24-25-23-11/h1-4,10,12,21H,6-7H2,(H,20,26)(H,22,23,24,25)/t10-,12-/m0/s1. The van der Waals surface area contributed by atoms with Crippen molar-refractivity contribution in [2.45, 2.75) is 24.7 Å². The Balaban J connectivity index is 2.27. The molecule has 0 aliphatic rings. The van der Waals surface area contributed by atoms with Crippen LogP contribution in [0.5, 0.6) is 0 Å². The van der Waals surface area contributed by atoms with E-state index in [4.69, 9.17) is 5.26 Å². The fourth-order valence-corrected chi connectivity index (χ4v) is 2.44. The van der Waals surface area contributed by atoms with Crippen molar-refractivity contribution in [1.29, 1.82) is 5.26 Å². The summed E-state index contributed by atoms with van der Waals surface area (Å²) in [6.07, 6.45) is -4.87. The van der Waals surface area contributed by atoms with Crippen LogP contribution in [0.3, 0.4) is 0 Å². The van der Waals surface area contributed by atoms with Crippen molar-refractivity contribution in [3.05, 3.63) is 40.1 Å². The Labute approximate surface area is 154 Å². The van der Waals surface area contributed by atoms with E-state index in [9.17, 15) is 18.0 Å². The van der Waals surface area contributed by atoms with Crippen molar-refractivity contribution >= 4 is 21.8 Å². The van der Waals surface area contributed by atoms with E-state index < -0.39 is 24.2 Å². The van der Waals surface area contributed by atoms with Crippen LogP contribution in [0.1, 0.15) is 17.4 Å². The zero-order chi connectivity index (χ0) is 19.2. The van der Waals surface area contributed by atoms with Gasteiger partial charge in [-0.1, -0.05) is 28.1 Å². The van der Waals surface area contributed by atoms with Crippen LogP contribution in [0.25, 0.3) is 0 Å². The van der Waals surface area contributed by atoms with Gasteiger partial charge in [0.05, 0.1) is 12.1 Å². The molecule has 0 spiro atoms. The number of nitrogens with zero attached hydrogens (tertiary/aromatic N) is 4. The molecular weight excluding hydrogens is 419 g/mol. The topological polar surface area (TPSA) is 119 Å². The van der Waals surface area contributed by atoms with Gasteiger partial charge in [-0.2, -0.15) is 18.4 Å². The molecule has 0 fully saturated rings. The first-order chi connectivity index (χ1) is 12.3. The van der Waals surface area contributed by atoms with Crippen LogP contribution < -0.4 is 10.6 Å². The van der Waals surface area contributed by atoms with Crippen LogP contribution in [-0.4, -0.2) is 45.3 Å². The van der Waals surface area contributed by atoms with Crippen LogP contribution in [0, 0.1) is 11.3 Å². The summed E-state index contributed by atoms with van der Waals surface area (Å²) in [6, 6.07) is 3.84. The number of H-pyrrole nitrogens is 1. The van der Waals surface area contributed by atoms with Gasteiger partial charge in [0.1, 0.15) is 12.6 Å². The fourth-order valence-electron chi connectivity index (χ4n) is 2.17. The van der Waals surface area contributed by atoms with Crippen LogP contribution in [-0.2, 0) is 11.2 Å². The first kappa shape index (κ1) is 19.8. The van der Waals surface area contributed by atoms with E-state index in [1.807, 2.05) is 0 Å². The predicted molar refractivity (Wildman–Crippen MR) is 86.4 cm³/mol. The molecule has 1 aromatic carbocycles. The number of carbonyl (C=O) groups is 1. The fraction of sp³-hybridized carbons (Fsp3) is 0.357. The second-order valence-corrected chi connectivity index (χ2v) is 6.09. The van der Waals surface area contributed by atoms with Crippen molar-refractivity contribution in [3.8, 4) is 6.07 Å². The molecule has 0 aliphatic heterocycles. The molecule has 0 bridgehead atoms. The second-order valence-electron chi connectivity index (χ2n) is 5.17. The minimum absolute atomic E-state index is 0.0607. The van der Waals surface area contributed by atoms with Gasteiger partial charge in [-0.25, -0.2) is 5.10 Å². The minimum atomic E-state index is -4.65. The second kappa shape index (κ2) is 8.72. The summed E-state index contributed by atoms with van der Waals surface area (Å²) < 4.78 is 41.3. The highest BCUT2D eigenvalue weighted by Crippen LogP contribution is 2.33. The monoisotopic (exact) mass is 431 g/mol. The lowest BCUT2D eigenvalue weighted by molar-refractivity contribution is -0.160. The maximum Gasteiger partial charge on any atom is 0.407 e. The number of benzene rings is 1. The Morgan fingerprint density at radius 2 is 2.04 bits per heavy atom. The summed E-state index contributed by atoms with van der Waals surface area (Å²) in [7, 11) is 0. The number of hydrogen-bond acceptors (Lipinski definition) is 6. The normalized spacial score (nSPS) is 13.7. The third-order valence-electron chi connectivity index (χ3n) is 3.34. The number of rotatable bonds is 7. The molecule has 3 N–H and O–H groups in total. The van der Waals surface area contributed by atoms with E-state index in [-0.39, 0.29) is 24.4 Å². The van der Waals surface area contributed by atoms with E-state index in [0.717, 1.165) is 0 Å². The van der Waals surface area contributed by atoms with Gasteiger partial charge < -0.3 is 5.32 Å². The molecule has 0 saturated heterocycles. The van der Waals surface area contributed by atoms with Crippen molar-refractivity contribution in [3.63, 3.8) is 0 Å². The molecule has 138 valence electrons. The van der Waals surface area contributed by atoms with Gasteiger partial charge in [0.25, 0.3) is 0 Å². The van der Waals surface area contributed by atoms with Crippen molar-refractivity contribution in [1.82, 2.24) is 31.3 Å². The molecule has 0 aliphatic carbocycles. The summed E-state index contributed by atoms with van der Waals surface area (Å²) in [5.74, 6) is -0.638. The number of nitrogens with one attached hydrogen (secondary N) is 3. The van der Waals surface area contributed by atoms with E-state index in [0.29, 0.717) is 4.47 Å². The Kier molecular flexibility index (Phi) is 6.64. The zero-order valence-corrected chi connectivity index (χ0v) is 14.7. The Bertz CT molecular complexity index is 758. The average molecular weight is 432 g/mol. The van der Waals surface area contributed by atoms with Crippen LogP contribution in [0.15, 0.2) is 28.7 Å². The first-order valence-electron chi connectivity index (χ1n) is 7.26. The molecule has 2 aromatic rings. The van der Waals surface area contributed by atoms with Gasteiger partial charge in [0.15, 0.2) is 5.82 Å². The van der Waals surface area contributed by atoms with Crippen LogP contribution in [0.4, 0.5) is 13.2 Å². The van der Waals surface area contributed by atoms with Gasteiger partial charge in [-0.15, -0.1) is 5.10 Å². The Hall–Kier alpha value is -2.52. The number of halogens is 4. The highest BCUT2D eigenvalue weighted by atomic mass is 79.9. The Morgan fingerprint density at radius 3 is 2.58 bits per heavy atom. The van der Waals surface area contributed by atoms with E-state index >= 15 is 0 Å². The number of amides is 1. The molecule has 26 heavy (non-hydrogen) atoms. The van der Waals surface area contributed by atoms with Crippen molar-refractivity contribution in [2.75, 3.05) is 6.54 Å². The van der Waals surface area contributed by atoms with E-state index in [2.05, 4.69) is 47.2 Å². The summed E-state index contributed by atoms with van der Waals surface area (Å²) >= 11 is 3.16. The lowest BCUT2D eigenvalue weighted by Gasteiger charge is -2.26. The number of hydrogen-bond donors (Lipinski definition) is 3. The lowest BCUT2D eigenvalue weighted by atomic mass is 10.0. The van der Waals surface area contributed by atoms with Gasteiger partial charge in [-0.3, -0.25) is 10.1 Å². The maximum absolute atomic E-state index is 13.6. The smallest absolute Gasteiger partial charge is 0.342 e. The zero-order valence-electron chi connectivity index (χ0n) is 13.1. The molecule has 1 aromatic heterocycles. The number of carbonyl (C=O) groups excluding carboxylic acids is 1. The molecular formula is C14H13BrF3N7O. The number of aromatic amines is 1. The number of alkyl halides is 3. The van der Waals surface area contributed by atoms with E-state index in [1.54, 1.807) is 6.07 Å². The molecule has 12 heteroatoms. The summed E-state index contributed by atoms with van der Waals surface area (Å²) in [5, 5.41) is 25.7. The molecule has 1 heterocycles. The minimum Gasteiger partial charge on any atom is -0.342 e. The molecule has 2 rings (SSSR count). The summed E-state index contributed by atoms with van der Waals surface area (Å²) in [6.45, 7) is -0.333. The first-order valence-corrected chi connectivity index (χ1v) is 8.06. The third-order valence-corrected chi connectivity index (χ3v) is 3.87.